The van der Waals surface area contributed by atoms with Crippen LogP contribution in [0.2, 0.25) is 0 Å². The standard InChI is InChI=1S/C14H19BrN2O2/c1-9-7-17(8-12(9)16(2)3)14(19)11-5-4-10(15)6-13(11)18/h4-6,9,12,18H,7-8H2,1-3H3. The van der Waals surface area contributed by atoms with Crippen LogP contribution in [0.25, 0.3) is 0 Å². The number of carbonyl (C=O) groups excluding carboxylic acids is 1. The van der Waals surface area contributed by atoms with Crippen LogP contribution >= 0.6 is 15.9 Å². The third-order valence-corrected chi connectivity index (χ3v) is 4.21. The molecule has 0 spiro atoms. The molecule has 1 N–H and O–H groups in total. The Morgan fingerprint density at radius 3 is 2.63 bits per heavy atom. The number of likely N-dealkylation sites (N-methyl/N-ethyl adjacent to an activating group) is 1. The largest absolute Gasteiger partial charge is 0.507 e. The number of amides is 1. The van der Waals surface area contributed by atoms with E-state index in [0.29, 0.717) is 24.1 Å². The van der Waals surface area contributed by atoms with Crippen LogP contribution in [0, 0.1) is 5.92 Å². The van der Waals surface area contributed by atoms with Crippen molar-refractivity contribution in [1.82, 2.24) is 9.80 Å². The molecule has 0 aromatic heterocycles. The third-order valence-electron chi connectivity index (χ3n) is 3.71. The van der Waals surface area contributed by atoms with Crippen LogP contribution < -0.4 is 0 Å². The monoisotopic (exact) mass is 326 g/mol. The molecule has 1 aliphatic heterocycles. The van der Waals surface area contributed by atoms with Crippen LogP contribution in [0.1, 0.15) is 17.3 Å². The second kappa shape index (κ2) is 5.51. The lowest BCUT2D eigenvalue weighted by atomic mass is 10.1. The van der Waals surface area contributed by atoms with Gasteiger partial charge in [0, 0.05) is 23.6 Å². The molecule has 2 atom stereocenters. The van der Waals surface area contributed by atoms with E-state index in [2.05, 4.69) is 27.8 Å². The summed E-state index contributed by atoms with van der Waals surface area (Å²) in [4.78, 5) is 16.4. The van der Waals surface area contributed by atoms with Gasteiger partial charge >= 0.3 is 0 Å². The summed E-state index contributed by atoms with van der Waals surface area (Å²) in [6.45, 7) is 3.60. The molecular weight excluding hydrogens is 308 g/mol. The molecule has 1 heterocycles. The van der Waals surface area contributed by atoms with Gasteiger partial charge in [0.25, 0.3) is 5.91 Å². The van der Waals surface area contributed by atoms with Gasteiger partial charge in [-0.1, -0.05) is 22.9 Å². The quantitative estimate of drug-likeness (QED) is 0.905. The third kappa shape index (κ3) is 2.92. The van der Waals surface area contributed by atoms with Crippen molar-refractivity contribution < 1.29 is 9.90 Å². The van der Waals surface area contributed by atoms with E-state index in [9.17, 15) is 9.90 Å². The number of phenolic OH excluding ortho intramolecular Hbond substituents is 1. The molecule has 1 fully saturated rings. The molecule has 1 saturated heterocycles. The van der Waals surface area contributed by atoms with Crippen LogP contribution in [0.5, 0.6) is 5.75 Å². The fourth-order valence-corrected chi connectivity index (χ4v) is 2.99. The second-order valence-corrected chi connectivity index (χ2v) is 6.30. The van der Waals surface area contributed by atoms with Gasteiger partial charge in [0.2, 0.25) is 0 Å². The molecule has 5 heteroatoms. The Morgan fingerprint density at radius 1 is 1.42 bits per heavy atom. The molecule has 0 saturated carbocycles. The fraction of sp³-hybridized carbons (Fsp3) is 0.500. The Morgan fingerprint density at radius 2 is 2.11 bits per heavy atom. The lowest BCUT2D eigenvalue weighted by Gasteiger charge is -2.22. The van der Waals surface area contributed by atoms with Crippen molar-refractivity contribution in [1.29, 1.82) is 0 Å². The number of halogens is 1. The molecule has 2 unspecified atom stereocenters. The Hall–Kier alpha value is -1.07. The minimum absolute atomic E-state index is 0.0281. The average molecular weight is 327 g/mol. The molecule has 1 amide bonds. The number of nitrogens with zero attached hydrogens (tertiary/aromatic N) is 2. The normalized spacial score (nSPS) is 23.1. The highest BCUT2D eigenvalue weighted by Gasteiger charge is 2.34. The van der Waals surface area contributed by atoms with Crippen LogP contribution in [0.3, 0.4) is 0 Å². The van der Waals surface area contributed by atoms with E-state index in [1.54, 1.807) is 18.2 Å². The summed E-state index contributed by atoms with van der Waals surface area (Å²) in [5.41, 5.74) is 0.370. The smallest absolute Gasteiger partial charge is 0.257 e. The highest BCUT2D eigenvalue weighted by atomic mass is 79.9. The Labute approximate surface area is 122 Å². The molecule has 0 bridgehead atoms. The van der Waals surface area contributed by atoms with E-state index in [1.165, 1.54) is 0 Å². The number of rotatable bonds is 2. The van der Waals surface area contributed by atoms with Gasteiger partial charge in [-0.25, -0.2) is 0 Å². The molecule has 4 nitrogen and oxygen atoms in total. The van der Waals surface area contributed by atoms with Crippen molar-refractivity contribution in [3.05, 3.63) is 28.2 Å². The van der Waals surface area contributed by atoms with Gasteiger partial charge in [-0.2, -0.15) is 0 Å². The molecule has 1 aromatic rings. The van der Waals surface area contributed by atoms with Gasteiger partial charge in [0.15, 0.2) is 0 Å². The summed E-state index contributed by atoms with van der Waals surface area (Å²) in [7, 11) is 4.07. The number of hydrogen-bond acceptors (Lipinski definition) is 3. The molecular formula is C14H19BrN2O2. The number of phenols is 1. The highest BCUT2D eigenvalue weighted by molar-refractivity contribution is 9.10. The Balaban J connectivity index is 2.17. The van der Waals surface area contributed by atoms with Crippen LogP contribution in [0.15, 0.2) is 22.7 Å². The van der Waals surface area contributed by atoms with E-state index >= 15 is 0 Å². The first kappa shape index (κ1) is 14.3. The first-order chi connectivity index (χ1) is 8.90. The number of hydrogen-bond donors (Lipinski definition) is 1. The van der Waals surface area contributed by atoms with Crippen molar-refractivity contribution in [3.63, 3.8) is 0 Å². The van der Waals surface area contributed by atoms with Gasteiger partial charge in [-0.05, 0) is 38.2 Å². The molecule has 0 aliphatic carbocycles. The Kier molecular flexibility index (Phi) is 4.16. The SMILES string of the molecule is CC1CN(C(=O)c2ccc(Br)cc2O)CC1N(C)C. The molecule has 1 aromatic carbocycles. The van der Waals surface area contributed by atoms with Gasteiger partial charge in [-0.15, -0.1) is 0 Å². The van der Waals surface area contributed by atoms with Gasteiger partial charge in [-0.3, -0.25) is 4.79 Å². The van der Waals surface area contributed by atoms with Gasteiger partial charge in [0.1, 0.15) is 5.75 Å². The summed E-state index contributed by atoms with van der Waals surface area (Å²) in [5.74, 6) is 0.373. The minimum atomic E-state index is -0.0961. The lowest BCUT2D eigenvalue weighted by Crippen LogP contribution is -2.35. The molecule has 1 aliphatic rings. The van der Waals surface area contributed by atoms with Crippen molar-refractivity contribution in [2.45, 2.75) is 13.0 Å². The first-order valence-corrected chi connectivity index (χ1v) is 7.13. The van der Waals surface area contributed by atoms with Crippen LogP contribution in [0.4, 0.5) is 0 Å². The van der Waals surface area contributed by atoms with Gasteiger partial charge in [0.05, 0.1) is 5.56 Å². The highest BCUT2D eigenvalue weighted by Crippen LogP contribution is 2.27. The maximum absolute atomic E-state index is 12.4. The zero-order chi connectivity index (χ0) is 14.2. The average Bonchev–Trinajstić information content (AvgIpc) is 2.70. The molecule has 2 rings (SSSR count). The predicted octanol–water partition coefficient (Wildman–Crippen LogP) is 2.18. The van der Waals surface area contributed by atoms with E-state index in [1.807, 2.05) is 19.0 Å². The Bertz CT molecular complexity index is 490. The van der Waals surface area contributed by atoms with Crippen molar-refractivity contribution in [2.75, 3.05) is 27.2 Å². The number of benzene rings is 1. The number of carbonyl (C=O) groups is 1. The number of aromatic hydroxyl groups is 1. The van der Waals surface area contributed by atoms with E-state index < -0.39 is 0 Å². The minimum Gasteiger partial charge on any atom is -0.507 e. The maximum Gasteiger partial charge on any atom is 0.257 e. The summed E-state index contributed by atoms with van der Waals surface area (Å²) < 4.78 is 0.766. The van der Waals surface area contributed by atoms with Gasteiger partial charge < -0.3 is 14.9 Å². The maximum atomic E-state index is 12.4. The van der Waals surface area contributed by atoms with Crippen LogP contribution in [-0.4, -0.2) is 54.0 Å². The topological polar surface area (TPSA) is 43.8 Å². The van der Waals surface area contributed by atoms with Crippen LogP contribution in [-0.2, 0) is 0 Å². The fourth-order valence-electron chi connectivity index (χ4n) is 2.64. The van der Waals surface area contributed by atoms with E-state index in [-0.39, 0.29) is 11.7 Å². The molecule has 0 radical (unpaired) electrons. The zero-order valence-corrected chi connectivity index (χ0v) is 13.0. The van der Waals surface area contributed by atoms with Crippen molar-refractivity contribution in [3.8, 4) is 5.75 Å². The summed E-state index contributed by atoms with van der Waals surface area (Å²) in [5, 5.41) is 9.88. The lowest BCUT2D eigenvalue weighted by molar-refractivity contribution is 0.0778. The van der Waals surface area contributed by atoms with E-state index in [0.717, 1.165) is 11.0 Å². The van der Waals surface area contributed by atoms with Crippen molar-refractivity contribution >= 4 is 21.8 Å². The molecule has 104 valence electrons. The van der Waals surface area contributed by atoms with Crippen molar-refractivity contribution in [2.24, 2.45) is 5.92 Å². The summed E-state index contributed by atoms with van der Waals surface area (Å²) in [6.07, 6.45) is 0. The number of likely N-dealkylation sites (tertiary alicyclic amines) is 1. The summed E-state index contributed by atoms with van der Waals surface area (Å²) in [6, 6.07) is 5.36. The zero-order valence-electron chi connectivity index (χ0n) is 11.4. The second-order valence-electron chi connectivity index (χ2n) is 5.38. The summed E-state index contributed by atoms with van der Waals surface area (Å²) >= 11 is 3.28. The predicted molar refractivity (Wildman–Crippen MR) is 78.3 cm³/mol. The van der Waals surface area contributed by atoms with E-state index in [4.69, 9.17) is 0 Å². The first-order valence-electron chi connectivity index (χ1n) is 6.34. The molecule has 19 heavy (non-hydrogen) atoms.